The summed E-state index contributed by atoms with van der Waals surface area (Å²) in [7, 11) is 1.81. The van der Waals surface area contributed by atoms with Crippen molar-refractivity contribution in [3.63, 3.8) is 0 Å². The minimum absolute atomic E-state index is 0.106. The zero-order valence-electron chi connectivity index (χ0n) is 15.7. The lowest BCUT2D eigenvalue weighted by Gasteiger charge is -2.33. The molecule has 4 rings (SSSR count). The molecule has 146 valence electrons. The standard InChI is InChI=1S/C22H23F2N3O/c1-26(18-9-10-25-13-18)22(28)27-14-16(19-12-17(23)7-8-20(19)24)11-21(27)15-5-3-2-4-6-15/h2-8,11-12,18,21,25H,9-10,13-14H2,1H3/t18?,21-/m0/s1. The summed E-state index contributed by atoms with van der Waals surface area (Å²) in [6.07, 6.45) is 2.77. The maximum atomic E-state index is 14.4. The van der Waals surface area contributed by atoms with Crippen LogP contribution in [-0.2, 0) is 0 Å². The molecule has 6 heteroatoms. The molecule has 2 aliphatic heterocycles. The second kappa shape index (κ2) is 7.72. The third-order valence-electron chi connectivity index (χ3n) is 5.58. The molecule has 1 fully saturated rings. The van der Waals surface area contributed by atoms with Gasteiger partial charge in [0.15, 0.2) is 0 Å². The lowest BCUT2D eigenvalue weighted by Crippen LogP contribution is -2.46. The van der Waals surface area contributed by atoms with Crippen LogP contribution in [0.5, 0.6) is 0 Å². The number of hydrogen-bond acceptors (Lipinski definition) is 2. The van der Waals surface area contributed by atoms with Gasteiger partial charge in [0.05, 0.1) is 6.04 Å². The van der Waals surface area contributed by atoms with Crippen LogP contribution in [0, 0.1) is 11.6 Å². The van der Waals surface area contributed by atoms with Crippen molar-refractivity contribution in [2.45, 2.75) is 18.5 Å². The van der Waals surface area contributed by atoms with Gasteiger partial charge in [-0.15, -0.1) is 0 Å². The van der Waals surface area contributed by atoms with Gasteiger partial charge in [-0.2, -0.15) is 0 Å². The SMILES string of the molecule is CN(C(=O)N1CC(c2cc(F)ccc2F)=C[C@H]1c1ccccc1)C1CCNC1. The quantitative estimate of drug-likeness (QED) is 0.875. The van der Waals surface area contributed by atoms with E-state index < -0.39 is 11.6 Å². The van der Waals surface area contributed by atoms with E-state index in [0.717, 1.165) is 37.2 Å². The molecule has 4 nitrogen and oxygen atoms in total. The number of carbonyl (C=O) groups excluding carboxylic acids is 1. The molecule has 28 heavy (non-hydrogen) atoms. The van der Waals surface area contributed by atoms with E-state index in [4.69, 9.17) is 0 Å². The molecule has 1 saturated heterocycles. The fourth-order valence-corrected chi connectivity index (χ4v) is 3.98. The van der Waals surface area contributed by atoms with E-state index in [0.29, 0.717) is 5.57 Å². The number of halogens is 2. The van der Waals surface area contributed by atoms with Crippen LogP contribution >= 0.6 is 0 Å². The molecule has 0 aromatic heterocycles. The zero-order valence-corrected chi connectivity index (χ0v) is 15.7. The van der Waals surface area contributed by atoms with Gasteiger partial charge in [-0.25, -0.2) is 13.6 Å². The Hall–Kier alpha value is -2.73. The highest BCUT2D eigenvalue weighted by atomic mass is 19.1. The van der Waals surface area contributed by atoms with Gasteiger partial charge in [-0.1, -0.05) is 36.4 Å². The molecule has 0 spiro atoms. The molecule has 0 aliphatic carbocycles. The van der Waals surface area contributed by atoms with Crippen LogP contribution in [-0.4, -0.2) is 48.6 Å². The van der Waals surface area contributed by atoms with Crippen LogP contribution in [0.25, 0.3) is 5.57 Å². The first-order chi connectivity index (χ1) is 13.5. The normalized spacial score (nSPS) is 21.7. The number of amides is 2. The van der Waals surface area contributed by atoms with E-state index >= 15 is 0 Å². The van der Waals surface area contributed by atoms with Crippen molar-refractivity contribution in [1.82, 2.24) is 15.1 Å². The molecular formula is C22H23F2N3O. The Labute approximate surface area is 163 Å². The van der Waals surface area contributed by atoms with Crippen LogP contribution < -0.4 is 5.32 Å². The summed E-state index contributed by atoms with van der Waals surface area (Å²) >= 11 is 0. The van der Waals surface area contributed by atoms with E-state index in [-0.39, 0.29) is 30.2 Å². The fraction of sp³-hybridized carbons (Fsp3) is 0.318. The Morgan fingerprint density at radius 3 is 2.68 bits per heavy atom. The van der Waals surface area contributed by atoms with Gasteiger partial charge >= 0.3 is 6.03 Å². The summed E-state index contributed by atoms with van der Waals surface area (Å²) in [4.78, 5) is 16.8. The summed E-state index contributed by atoms with van der Waals surface area (Å²) in [5.41, 5.74) is 1.78. The molecule has 0 bridgehead atoms. The van der Waals surface area contributed by atoms with Gasteiger partial charge < -0.3 is 15.1 Å². The zero-order chi connectivity index (χ0) is 19.7. The molecular weight excluding hydrogens is 360 g/mol. The molecule has 1 N–H and O–H groups in total. The van der Waals surface area contributed by atoms with Crippen molar-refractivity contribution in [3.05, 3.63) is 77.4 Å². The van der Waals surface area contributed by atoms with Crippen molar-refractivity contribution in [2.24, 2.45) is 0 Å². The lowest BCUT2D eigenvalue weighted by molar-refractivity contribution is 0.148. The second-order valence-corrected chi connectivity index (χ2v) is 7.34. The van der Waals surface area contributed by atoms with Crippen LogP contribution in [0.4, 0.5) is 13.6 Å². The number of nitrogens with one attached hydrogen (secondary N) is 1. The summed E-state index contributed by atoms with van der Waals surface area (Å²) in [6.45, 7) is 1.90. The van der Waals surface area contributed by atoms with Gasteiger partial charge in [0.1, 0.15) is 11.6 Å². The number of carbonyl (C=O) groups is 1. The van der Waals surface area contributed by atoms with Crippen molar-refractivity contribution < 1.29 is 13.6 Å². The number of nitrogens with zero attached hydrogens (tertiary/aromatic N) is 2. The Bertz CT molecular complexity index is 894. The van der Waals surface area contributed by atoms with Crippen molar-refractivity contribution in [3.8, 4) is 0 Å². The molecule has 2 aromatic rings. The van der Waals surface area contributed by atoms with Crippen molar-refractivity contribution >= 4 is 11.6 Å². The fourth-order valence-electron chi connectivity index (χ4n) is 3.98. The highest BCUT2D eigenvalue weighted by molar-refractivity contribution is 5.82. The van der Waals surface area contributed by atoms with Crippen LogP contribution in [0.1, 0.15) is 23.6 Å². The van der Waals surface area contributed by atoms with E-state index in [9.17, 15) is 13.6 Å². The van der Waals surface area contributed by atoms with Gasteiger partial charge in [-0.3, -0.25) is 0 Å². The minimum Gasteiger partial charge on any atom is -0.323 e. The third kappa shape index (κ3) is 3.52. The summed E-state index contributed by atoms with van der Waals surface area (Å²) in [5, 5.41) is 3.27. The molecule has 0 radical (unpaired) electrons. The number of likely N-dealkylation sites (N-methyl/N-ethyl adjacent to an activating group) is 1. The van der Waals surface area contributed by atoms with Gasteiger partial charge in [0.25, 0.3) is 0 Å². The molecule has 0 saturated carbocycles. The van der Waals surface area contributed by atoms with Gasteiger partial charge in [-0.05, 0) is 42.3 Å². The number of urea groups is 1. The molecule has 2 aliphatic rings. The lowest BCUT2D eigenvalue weighted by atomic mass is 10.0. The molecule has 2 amide bonds. The van der Waals surface area contributed by atoms with Crippen molar-refractivity contribution in [2.75, 3.05) is 26.7 Å². The Kier molecular flexibility index (Phi) is 5.13. The number of hydrogen-bond donors (Lipinski definition) is 1. The summed E-state index contributed by atoms with van der Waals surface area (Å²) < 4.78 is 28.1. The largest absolute Gasteiger partial charge is 0.323 e. The highest BCUT2D eigenvalue weighted by Gasteiger charge is 2.35. The Balaban J connectivity index is 1.67. The van der Waals surface area contributed by atoms with E-state index in [1.165, 1.54) is 6.07 Å². The molecule has 2 heterocycles. The predicted molar refractivity (Wildman–Crippen MR) is 105 cm³/mol. The Morgan fingerprint density at radius 2 is 1.96 bits per heavy atom. The molecule has 2 aromatic carbocycles. The van der Waals surface area contributed by atoms with E-state index in [1.54, 1.807) is 9.80 Å². The van der Waals surface area contributed by atoms with E-state index in [2.05, 4.69) is 5.32 Å². The van der Waals surface area contributed by atoms with Gasteiger partial charge in [0.2, 0.25) is 0 Å². The molecule has 2 atom stereocenters. The maximum absolute atomic E-state index is 14.4. The number of rotatable bonds is 3. The maximum Gasteiger partial charge on any atom is 0.321 e. The van der Waals surface area contributed by atoms with Crippen molar-refractivity contribution in [1.29, 1.82) is 0 Å². The van der Waals surface area contributed by atoms with E-state index in [1.807, 2.05) is 43.5 Å². The predicted octanol–water partition coefficient (Wildman–Crippen LogP) is 3.82. The minimum atomic E-state index is -0.493. The average molecular weight is 383 g/mol. The second-order valence-electron chi connectivity index (χ2n) is 7.34. The summed E-state index contributed by atoms with van der Waals surface area (Å²) in [6, 6.07) is 12.8. The average Bonchev–Trinajstić information content (AvgIpc) is 3.39. The van der Waals surface area contributed by atoms with Crippen LogP contribution in [0.3, 0.4) is 0 Å². The van der Waals surface area contributed by atoms with Crippen LogP contribution in [0.15, 0.2) is 54.6 Å². The van der Waals surface area contributed by atoms with Crippen LogP contribution in [0.2, 0.25) is 0 Å². The first kappa shape index (κ1) is 18.6. The number of benzene rings is 2. The highest BCUT2D eigenvalue weighted by Crippen LogP contribution is 2.36. The molecule has 1 unspecified atom stereocenters. The summed E-state index contributed by atoms with van der Waals surface area (Å²) in [5.74, 6) is -0.977. The first-order valence-corrected chi connectivity index (χ1v) is 9.50. The third-order valence-corrected chi connectivity index (χ3v) is 5.58. The smallest absolute Gasteiger partial charge is 0.321 e. The Morgan fingerprint density at radius 1 is 1.18 bits per heavy atom. The van der Waals surface area contributed by atoms with Gasteiger partial charge in [0, 0.05) is 31.7 Å². The topological polar surface area (TPSA) is 35.6 Å². The monoisotopic (exact) mass is 383 g/mol. The first-order valence-electron chi connectivity index (χ1n) is 9.50.